The van der Waals surface area contributed by atoms with E-state index < -0.39 is 6.10 Å². The first kappa shape index (κ1) is 18.8. The summed E-state index contributed by atoms with van der Waals surface area (Å²) in [5.74, 6) is 1.38. The van der Waals surface area contributed by atoms with Gasteiger partial charge in [-0.1, -0.05) is 42.5 Å². The number of benzene rings is 3. The van der Waals surface area contributed by atoms with Crippen LogP contribution in [0.1, 0.15) is 18.1 Å². The predicted octanol–water partition coefficient (Wildman–Crippen LogP) is 4.42. The van der Waals surface area contributed by atoms with Gasteiger partial charge in [-0.2, -0.15) is 0 Å². The molecule has 1 N–H and O–H groups in total. The fourth-order valence-corrected chi connectivity index (χ4v) is 2.84. The molecule has 27 heavy (non-hydrogen) atoms. The Morgan fingerprint density at radius 1 is 1.00 bits per heavy atom. The lowest BCUT2D eigenvalue weighted by molar-refractivity contribution is -0.127. The second-order valence-corrected chi connectivity index (χ2v) is 6.61. The predicted molar refractivity (Wildman–Crippen MR) is 108 cm³/mol. The number of amides is 1. The van der Waals surface area contributed by atoms with Crippen molar-refractivity contribution in [2.75, 3.05) is 13.2 Å². The average molecular weight is 363 g/mol. The fourth-order valence-electron chi connectivity index (χ4n) is 2.84. The number of aryl methyl sites for hydroxylation is 1. The summed E-state index contributed by atoms with van der Waals surface area (Å²) in [6, 6.07) is 19.9. The Kier molecular flexibility index (Phi) is 5.97. The molecular formula is C23H25NO3. The lowest BCUT2D eigenvalue weighted by atomic mass is 10.1. The third-order valence-corrected chi connectivity index (χ3v) is 4.62. The van der Waals surface area contributed by atoms with Crippen LogP contribution in [0.25, 0.3) is 10.8 Å². The van der Waals surface area contributed by atoms with E-state index >= 15 is 0 Å². The number of carbonyl (C=O) groups excluding carboxylic acids is 1. The molecule has 0 heterocycles. The molecule has 3 aromatic rings. The Bertz CT molecular complexity index is 936. The third kappa shape index (κ3) is 4.79. The van der Waals surface area contributed by atoms with Gasteiger partial charge in [0.2, 0.25) is 0 Å². The van der Waals surface area contributed by atoms with Gasteiger partial charge in [0.25, 0.3) is 5.91 Å². The van der Waals surface area contributed by atoms with Crippen molar-refractivity contribution >= 4 is 16.7 Å². The number of carbonyl (C=O) groups is 1. The van der Waals surface area contributed by atoms with Crippen molar-refractivity contribution in [2.45, 2.75) is 26.9 Å². The van der Waals surface area contributed by atoms with E-state index in [2.05, 4.69) is 17.4 Å². The summed E-state index contributed by atoms with van der Waals surface area (Å²) in [5.41, 5.74) is 2.20. The second-order valence-electron chi connectivity index (χ2n) is 6.61. The quantitative estimate of drug-likeness (QED) is 0.632. The summed E-state index contributed by atoms with van der Waals surface area (Å²) < 4.78 is 11.5. The van der Waals surface area contributed by atoms with E-state index in [1.54, 1.807) is 6.92 Å². The van der Waals surface area contributed by atoms with Crippen LogP contribution >= 0.6 is 0 Å². The first-order valence-corrected chi connectivity index (χ1v) is 9.17. The Labute approximate surface area is 160 Å². The van der Waals surface area contributed by atoms with Crippen molar-refractivity contribution in [1.29, 1.82) is 0 Å². The molecule has 3 rings (SSSR count). The molecular weight excluding hydrogens is 338 g/mol. The molecule has 140 valence electrons. The SMILES string of the molecule is Cc1cccc(O[C@H](C)C(=O)NCCOc2ccc3ccccc3c2)c1C. The van der Waals surface area contributed by atoms with Gasteiger partial charge in [-0.05, 0) is 60.9 Å². The van der Waals surface area contributed by atoms with Crippen molar-refractivity contribution in [3.8, 4) is 11.5 Å². The third-order valence-electron chi connectivity index (χ3n) is 4.62. The van der Waals surface area contributed by atoms with E-state index in [9.17, 15) is 4.79 Å². The summed E-state index contributed by atoms with van der Waals surface area (Å²) >= 11 is 0. The highest BCUT2D eigenvalue weighted by Crippen LogP contribution is 2.22. The zero-order chi connectivity index (χ0) is 19.2. The zero-order valence-corrected chi connectivity index (χ0v) is 16.0. The molecule has 3 aromatic carbocycles. The number of nitrogens with one attached hydrogen (secondary N) is 1. The molecule has 0 saturated carbocycles. The molecule has 0 aliphatic carbocycles. The standard InChI is InChI=1S/C23H25NO3/c1-16-7-6-10-22(17(16)2)27-18(3)23(25)24-13-14-26-21-12-11-19-8-4-5-9-20(19)15-21/h4-12,15,18H,13-14H2,1-3H3,(H,24,25)/t18-/m1/s1. The number of hydrogen-bond donors (Lipinski definition) is 1. The van der Waals surface area contributed by atoms with E-state index in [0.717, 1.165) is 28.0 Å². The minimum absolute atomic E-state index is 0.155. The van der Waals surface area contributed by atoms with Crippen molar-refractivity contribution in [3.05, 3.63) is 71.8 Å². The summed E-state index contributed by atoms with van der Waals surface area (Å²) in [6.07, 6.45) is -0.564. The van der Waals surface area contributed by atoms with E-state index in [0.29, 0.717) is 13.2 Å². The van der Waals surface area contributed by atoms with Gasteiger partial charge in [-0.15, -0.1) is 0 Å². The molecule has 0 unspecified atom stereocenters. The van der Waals surface area contributed by atoms with Crippen LogP contribution in [-0.4, -0.2) is 25.2 Å². The normalized spacial score (nSPS) is 11.8. The van der Waals surface area contributed by atoms with E-state index in [1.807, 2.05) is 62.4 Å². The number of fused-ring (bicyclic) bond motifs is 1. The average Bonchev–Trinajstić information content (AvgIpc) is 2.68. The molecule has 0 spiro atoms. The van der Waals surface area contributed by atoms with Gasteiger partial charge in [0.1, 0.15) is 18.1 Å². The molecule has 0 aromatic heterocycles. The van der Waals surface area contributed by atoms with Gasteiger partial charge in [0, 0.05) is 0 Å². The summed E-state index contributed by atoms with van der Waals surface area (Å²) in [5, 5.41) is 5.17. The monoisotopic (exact) mass is 363 g/mol. The highest BCUT2D eigenvalue weighted by molar-refractivity contribution is 5.83. The lowest BCUT2D eigenvalue weighted by Crippen LogP contribution is -2.38. The lowest BCUT2D eigenvalue weighted by Gasteiger charge is -2.17. The van der Waals surface area contributed by atoms with Crippen molar-refractivity contribution < 1.29 is 14.3 Å². The smallest absolute Gasteiger partial charge is 0.260 e. The maximum Gasteiger partial charge on any atom is 0.260 e. The number of hydrogen-bond acceptors (Lipinski definition) is 3. The van der Waals surface area contributed by atoms with Crippen LogP contribution in [0.15, 0.2) is 60.7 Å². The summed E-state index contributed by atoms with van der Waals surface area (Å²) in [4.78, 5) is 12.2. The molecule has 0 fully saturated rings. The number of rotatable bonds is 7. The number of ether oxygens (including phenoxy) is 2. The topological polar surface area (TPSA) is 47.6 Å². The molecule has 0 aliphatic rings. The van der Waals surface area contributed by atoms with E-state index in [4.69, 9.17) is 9.47 Å². The molecule has 1 amide bonds. The second kappa shape index (κ2) is 8.58. The highest BCUT2D eigenvalue weighted by Gasteiger charge is 2.15. The van der Waals surface area contributed by atoms with Crippen molar-refractivity contribution in [2.24, 2.45) is 0 Å². The van der Waals surface area contributed by atoms with Crippen molar-refractivity contribution in [3.63, 3.8) is 0 Å². The Balaban J connectivity index is 1.46. The van der Waals surface area contributed by atoms with Gasteiger partial charge in [-0.25, -0.2) is 0 Å². The minimum Gasteiger partial charge on any atom is -0.492 e. The van der Waals surface area contributed by atoms with Gasteiger partial charge >= 0.3 is 0 Å². The first-order chi connectivity index (χ1) is 13.0. The first-order valence-electron chi connectivity index (χ1n) is 9.17. The van der Waals surface area contributed by atoms with Crippen LogP contribution in [0.4, 0.5) is 0 Å². The summed E-state index contributed by atoms with van der Waals surface area (Å²) in [6.45, 7) is 6.59. The van der Waals surface area contributed by atoms with Crippen LogP contribution in [-0.2, 0) is 4.79 Å². The molecule has 0 saturated heterocycles. The maximum atomic E-state index is 12.2. The molecule has 4 nitrogen and oxygen atoms in total. The fraction of sp³-hybridized carbons (Fsp3) is 0.261. The Morgan fingerprint density at radius 3 is 2.59 bits per heavy atom. The van der Waals surface area contributed by atoms with Crippen LogP contribution in [0.5, 0.6) is 11.5 Å². The van der Waals surface area contributed by atoms with Crippen LogP contribution in [0.3, 0.4) is 0 Å². The van der Waals surface area contributed by atoms with Gasteiger partial charge in [0.05, 0.1) is 6.54 Å². The minimum atomic E-state index is -0.564. The van der Waals surface area contributed by atoms with Gasteiger partial charge < -0.3 is 14.8 Å². The Morgan fingerprint density at radius 2 is 1.78 bits per heavy atom. The molecule has 0 bridgehead atoms. The highest BCUT2D eigenvalue weighted by atomic mass is 16.5. The van der Waals surface area contributed by atoms with Crippen molar-refractivity contribution in [1.82, 2.24) is 5.32 Å². The molecule has 4 heteroatoms. The molecule has 0 aliphatic heterocycles. The van der Waals surface area contributed by atoms with Crippen LogP contribution in [0.2, 0.25) is 0 Å². The zero-order valence-electron chi connectivity index (χ0n) is 16.0. The molecule has 0 radical (unpaired) electrons. The maximum absolute atomic E-state index is 12.2. The van der Waals surface area contributed by atoms with E-state index in [-0.39, 0.29) is 5.91 Å². The molecule has 1 atom stereocenters. The van der Waals surface area contributed by atoms with Gasteiger partial charge in [0.15, 0.2) is 6.10 Å². The van der Waals surface area contributed by atoms with Crippen LogP contribution in [0, 0.1) is 13.8 Å². The largest absolute Gasteiger partial charge is 0.492 e. The van der Waals surface area contributed by atoms with Crippen LogP contribution < -0.4 is 14.8 Å². The summed E-state index contributed by atoms with van der Waals surface area (Å²) in [7, 11) is 0. The van der Waals surface area contributed by atoms with E-state index in [1.165, 1.54) is 5.39 Å². The van der Waals surface area contributed by atoms with Gasteiger partial charge in [-0.3, -0.25) is 4.79 Å². The Hall–Kier alpha value is -3.01.